The molecule has 2 rings (SSSR count). The van der Waals surface area contributed by atoms with Crippen LogP contribution < -0.4 is 0 Å². The van der Waals surface area contributed by atoms with Gasteiger partial charge in [-0.25, -0.2) is 4.79 Å². The maximum Gasteiger partial charge on any atom is 0.402 e. The SMILES string of the molecule is CC(=O)[S+]=C1C=CC2=CCCCC2=C1. The molecule has 0 aromatic carbocycles. The predicted molar refractivity (Wildman–Crippen MR) is 62.2 cm³/mol. The van der Waals surface area contributed by atoms with Gasteiger partial charge in [-0.1, -0.05) is 6.08 Å². The third kappa shape index (κ3) is 2.07. The molecule has 0 bridgehead atoms. The lowest BCUT2D eigenvalue weighted by atomic mass is 9.90. The third-order valence-corrected chi connectivity index (χ3v) is 3.17. The molecule has 2 aliphatic rings. The van der Waals surface area contributed by atoms with Crippen molar-refractivity contribution in [1.29, 1.82) is 0 Å². The highest BCUT2D eigenvalue weighted by Crippen LogP contribution is 2.27. The van der Waals surface area contributed by atoms with Crippen molar-refractivity contribution in [3.05, 3.63) is 35.5 Å². The van der Waals surface area contributed by atoms with Gasteiger partial charge in [-0.2, -0.15) is 0 Å². The standard InChI is InChI=1S/C12H13OS/c1-9(13)14-12-7-6-10-4-2-3-5-11(10)8-12/h4,6-8H,2-3,5H2,1H3/q+1. The van der Waals surface area contributed by atoms with E-state index in [9.17, 15) is 4.79 Å². The van der Waals surface area contributed by atoms with Gasteiger partial charge >= 0.3 is 5.12 Å². The molecule has 0 saturated heterocycles. The van der Waals surface area contributed by atoms with E-state index in [0.29, 0.717) is 0 Å². The number of hydrogen-bond acceptors (Lipinski definition) is 1. The molecule has 2 aliphatic carbocycles. The van der Waals surface area contributed by atoms with E-state index in [1.165, 1.54) is 35.3 Å². The summed E-state index contributed by atoms with van der Waals surface area (Å²) >= 11 is 1.32. The van der Waals surface area contributed by atoms with Crippen molar-refractivity contribution in [2.75, 3.05) is 0 Å². The van der Waals surface area contributed by atoms with E-state index in [4.69, 9.17) is 0 Å². The van der Waals surface area contributed by atoms with Gasteiger partial charge in [0.05, 0.1) is 6.92 Å². The summed E-state index contributed by atoms with van der Waals surface area (Å²) in [5.41, 5.74) is 2.74. The Morgan fingerprint density at radius 1 is 1.43 bits per heavy atom. The van der Waals surface area contributed by atoms with E-state index in [1.54, 1.807) is 6.92 Å². The molecule has 0 fully saturated rings. The maximum atomic E-state index is 10.9. The summed E-state index contributed by atoms with van der Waals surface area (Å²) in [7, 11) is 0. The van der Waals surface area contributed by atoms with Gasteiger partial charge in [0.1, 0.15) is 0 Å². The maximum absolute atomic E-state index is 10.9. The molecule has 0 aliphatic heterocycles. The number of carbonyl (C=O) groups excluding carboxylic acids is 1. The molecule has 0 saturated carbocycles. The van der Waals surface area contributed by atoms with Crippen molar-refractivity contribution in [2.24, 2.45) is 0 Å². The van der Waals surface area contributed by atoms with Crippen LogP contribution in [0.2, 0.25) is 0 Å². The molecule has 1 nitrogen and oxygen atoms in total. The highest BCUT2D eigenvalue weighted by molar-refractivity contribution is 7.94. The highest BCUT2D eigenvalue weighted by Gasteiger charge is 2.17. The minimum atomic E-state index is 0.157. The van der Waals surface area contributed by atoms with Crippen molar-refractivity contribution in [3.8, 4) is 0 Å². The Kier molecular flexibility index (Phi) is 2.73. The molecule has 0 aromatic rings. The van der Waals surface area contributed by atoms with Crippen LogP contribution in [-0.4, -0.2) is 9.98 Å². The quantitative estimate of drug-likeness (QED) is 0.438. The van der Waals surface area contributed by atoms with Gasteiger partial charge in [0.25, 0.3) is 11.4 Å². The summed E-state index contributed by atoms with van der Waals surface area (Å²) in [6, 6.07) is 0. The van der Waals surface area contributed by atoms with Crippen molar-refractivity contribution in [3.63, 3.8) is 0 Å². The van der Waals surface area contributed by atoms with Crippen LogP contribution in [0.5, 0.6) is 0 Å². The molecule has 72 valence electrons. The number of allylic oxidation sites excluding steroid dienone is 6. The van der Waals surface area contributed by atoms with Crippen LogP contribution in [0.3, 0.4) is 0 Å². The van der Waals surface area contributed by atoms with Gasteiger partial charge in [-0.05, 0) is 36.5 Å². The third-order valence-electron chi connectivity index (χ3n) is 2.39. The number of carbonyl (C=O) groups is 1. The molecule has 2 heteroatoms. The zero-order chi connectivity index (χ0) is 9.97. The van der Waals surface area contributed by atoms with Gasteiger partial charge in [0, 0.05) is 12.2 Å². The highest BCUT2D eigenvalue weighted by atomic mass is 32.1. The van der Waals surface area contributed by atoms with Crippen molar-refractivity contribution in [2.45, 2.75) is 26.2 Å². The minimum absolute atomic E-state index is 0.157. The van der Waals surface area contributed by atoms with E-state index in [2.05, 4.69) is 18.2 Å². The predicted octanol–water partition coefficient (Wildman–Crippen LogP) is 2.39. The summed E-state index contributed by atoms with van der Waals surface area (Å²) in [5.74, 6) is 0. The van der Waals surface area contributed by atoms with Crippen LogP contribution in [0.15, 0.2) is 35.5 Å². The van der Waals surface area contributed by atoms with Gasteiger partial charge < -0.3 is 0 Å². The van der Waals surface area contributed by atoms with E-state index < -0.39 is 0 Å². The van der Waals surface area contributed by atoms with Gasteiger partial charge in [0.15, 0.2) is 0 Å². The fraction of sp³-hybridized carbons (Fsp3) is 0.333. The summed E-state index contributed by atoms with van der Waals surface area (Å²) in [4.78, 5) is 12.0. The first-order valence-corrected chi connectivity index (χ1v) is 5.72. The summed E-state index contributed by atoms with van der Waals surface area (Å²) < 4.78 is 0. The molecule has 14 heavy (non-hydrogen) atoms. The minimum Gasteiger partial charge on any atom is -0.226 e. The average Bonchev–Trinajstić information content (AvgIpc) is 2.17. The molecule has 0 radical (unpaired) electrons. The first-order valence-electron chi connectivity index (χ1n) is 4.90. The number of fused-ring (bicyclic) bond motifs is 1. The zero-order valence-corrected chi connectivity index (χ0v) is 9.06. The fourth-order valence-electron chi connectivity index (χ4n) is 1.78. The van der Waals surface area contributed by atoms with E-state index in [0.717, 1.165) is 11.3 Å². The Bertz CT molecular complexity index is 383. The van der Waals surface area contributed by atoms with Gasteiger partial charge in [-0.3, -0.25) is 0 Å². The number of rotatable bonds is 0. The monoisotopic (exact) mass is 205 g/mol. The second-order valence-corrected chi connectivity index (χ2v) is 4.80. The molecule has 0 aromatic heterocycles. The van der Waals surface area contributed by atoms with Crippen LogP contribution in [-0.2, 0) is 16.1 Å². The molecular weight excluding hydrogens is 192 g/mol. The zero-order valence-electron chi connectivity index (χ0n) is 8.25. The molecule has 0 amide bonds. The Morgan fingerprint density at radius 3 is 3.07 bits per heavy atom. The van der Waals surface area contributed by atoms with E-state index >= 15 is 0 Å². The van der Waals surface area contributed by atoms with Crippen LogP contribution in [0, 0.1) is 0 Å². The van der Waals surface area contributed by atoms with Crippen LogP contribution in [0.25, 0.3) is 0 Å². The first kappa shape index (κ1) is 9.53. The van der Waals surface area contributed by atoms with Crippen LogP contribution >= 0.6 is 0 Å². The lowest BCUT2D eigenvalue weighted by Gasteiger charge is -2.15. The van der Waals surface area contributed by atoms with Gasteiger partial charge in [-0.15, -0.1) is 0 Å². The number of hydrogen-bond donors (Lipinski definition) is 0. The second-order valence-electron chi connectivity index (χ2n) is 3.55. The molecule has 0 unspecified atom stereocenters. The van der Waals surface area contributed by atoms with Crippen LogP contribution in [0.1, 0.15) is 26.2 Å². The van der Waals surface area contributed by atoms with E-state index in [-0.39, 0.29) is 5.12 Å². The Hall–Kier alpha value is -1.02. The van der Waals surface area contributed by atoms with Crippen molar-refractivity contribution < 1.29 is 4.79 Å². The molecule has 0 N–H and O–H groups in total. The normalized spacial score (nSPS) is 22.8. The Labute approximate surface area is 88.2 Å². The van der Waals surface area contributed by atoms with Gasteiger partial charge in [0.2, 0.25) is 4.86 Å². The fourth-order valence-corrected chi connectivity index (χ4v) is 2.45. The summed E-state index contributed by atoms with van der Waals surface area (Å²) in [6.07, 6.45) is 12.2. The second kappa shape index (κ2) is 4.01. The van der Waals surface area contributed by atoms with Crippen LogP contribution in [0.4, 0.5) is 0 Å². The first-order chi connectivity index (χ1) is 6.75. The Balaban J connectivity index is 2.30. The molecule has 0 atom stereocenters. The Morgan fingerprint density at radius 2 is 2.29 bits per heavy atom. The topological polar surface area (TPSA) is 17.1 Å². The van der Waals surface area contributed by atoms with Crippen molar-refractivity contribution in [1.82, 2.24) is 0 Å². The van der Waals surface area contributed by atoms with E-state index in [1.807, 2.05) is 6.08 Å². The smallest absolute Gasteiger partial charge is 0.226 e. The molecular formula is C12H13OS+. The summed E-state index contributed by atoms with van der Waals surface area (Å²) in [6.45, 7) is 1.61. The average molecular weight is 205 g/mol. The van der Waals surface area contributed by atoms with Crippen molar-refractivity contribution >= 4 is 21.3 Å². The lowest BCUT2D eigenvalue weighted by Crippen LogP contribution is -2.06. The lowest BCUT2D eigenvalue weighted by molar-refractivity contribution is -0.109. The summed E-state index contributed by atoms with van der Waals surface area (Å²) in [5, 5.41) is 0.157. The largest absolute Gasteiger partial charge is 0.402 e. The molecule has 0 spiro atoms. The molecule has 0 heterocycles.